The first-order valence-corrected chi connectivity index (χ1v) is 5.84. The molecule has 0 fully saturated rings. The first kappa shape index (κ1) is 12.5. The maximum Gasteiger partial charge on any atom is 0.139 e. The molecule has 0 aliphatic rings. The Labute approximate surface area is 93.3 Å². The minimum Gasteiger partial charge on any atom is -0.316 e. The van der Waals surface area contributed by atoms with E-state index in [9.17, 15) is 8.78 Å². The number of nitrogens with one attached hydrogen (secondary N) is 1. The molecule has 0 aromatic heterocycles. The predicted molar refractivity (Wildman–Crippen MR) is 60.2 cm³/mol. The summed E-state index contributed by atoms with van der Waals surface area (Å²) in [5.74, 6) is -1.01. The second kappa shape index (κ2) is 6.08. The molecule has 0 saturated heterocycles. The average molecular weight is 231 g/mol. The van der Waals surface area contributed by atoms with Gasteiger partial charge in [-0.25, -0.2) is 8.78 Å². The van der Waals surface area contributed by atoms with Gasteiger partial charge in [0.05, 0.1) is 0 Å². The van der Waals surface area contributed by atoms with Gasteiger partial charge in [-0.3, -0.25) is 0 Å². The highest BCUT2D eigenvalue weighted by Crippen LogP contribution is 2.25. The van der Waals surface area contributed by atoms with Gasteiger partial charge in [0.1, 0.15) is 11.6 Å². The zero-order valence-corrected chi connectivity index (χ0v) is 9.70. The first-order valence-electron chi connectivity index (χ1n) is 4.96. The van der Waals surface area contributed by atoms with Crippen molar-refractivity contribution >= 4 is 11.8 Å². The molecule has 1 rings (SSSR count). The van der Waals surface area contributed by atoms with Crippen molar-refractivity contribution in [3.63, 3.8) is 0 Å². The monoisotopic (exact) mass is 231 g/mol. The molecular weight excluding hydrogens is 216 g/mol. The van der Waals surface area contributed by atoms with Crippen LogP contribution in [0.3, 0.4) is 0 Å². The summed E-state index contributed by atoms with van der Waals surface area (Å²) in [6.45, 7) is 5.75. The van der Waals surface area contributed by atoms with Crippen LogP contribution in [0.25, 0.3) is 0 Å². The molecule has 1 unspecified atom stereocenters. The van der Waals surface area contributed by atoms with Crippen molar-refractivity contribution in [1.82, 2.24) is 5.32 Å². The average Bonchev–Trinajstić information content (AvgIpc) is 2.19. The summed E-state index contributed by atoms with van der Waals surface area (Å²) < 4.78 is 25.9. The molecule has 1 atom stereocenters. The number of rotatable bonds is 5. The molecule has 0 amide bonds. The van der Waals surface area contributed by atoms with Crippen LogP contribution in [-0.2, 0) is 0 Å². The van der Waals surface area contributed by atoms with Crippen LogP contribution in [0.2, 0.25) is 0 Å². The maximum absolute atomic E-state index is 13.3. The van der Waals surface area contributed by atoms with Gasteiger partial charge in [-0.2, -0.15) is 0 Å². The minimum absolute atomic E-state index is 0.268. The van der Waals surface area contributed by atoms with E-state index in [1.165, 1.54) is 23.9 Å². The Bertz CT molecular complexity index is 317. The summed E-state index contributed by atoms with van der Waals surface area (Å²) in [7, 11) is 0. The minimum atomic E-state index is -0.531. The van der Waals surface area contributed by atoms with Crippen molar-refractivity contribution in [3.8, 4) is 0 Å². The predicted octanol–water partition coefficient (Wildman–Crippen LogP) is 3.05. The van der Waals surface area contributed by atoms with Crippen LogP contribution in [0.5, 0.6) is 0 Å². The van der Waals surface area contributed by atoms with Gasteiger partial charge in [0.25, 0.3) is 0 Å². The fourth-order valence-corrected chi connectivity index (χ4v) is 2.13. The van der Waals surface area contributed by atoms with E-state index in [1.54, 1.807) is 0 Å². The smallest absolute Gasteiger partial charge is 0.139 e. The number of hydrogen-bond donors (Lipinski definition) is 1. The van der Waals surface area contributed by atoms with Crippen LogP contribution in [0.1, 0.15) is 13.8 Å². The summed E-state index contributed by atoms with van der Waals surface area (Å²) in [6, 6.07) is 3.69. The van der Waals surface area contributed by atoms with E-state index in [2.05, 4.69) is 5.32 Å². The lowest BCUT2D eigenvalue weighted by atomic mass is 10.3. The molecule has 0 saturated carbocycles. The van der Waals surface area contributed by atoms with Gasteiger partial charge < -0.3 is 5.32 Å². The van der Waals surface area contributed by atoms with E-state index >= 15 is 0 Å². The molecule has 0 aliphatic heterocycles. The van der Waals surface area contributed by atoms with Crippen LogP contribution in [0.4, 0.5) is 8.78 Å². The van der Waals surface area contributed by atoms with Gasteiger partial charge in [0, 0.05) is 22.8 Å². The van der Waals surface area contributed by atoms with E-state index in [0.29, 0.717) is 4.90 Å². The number of benzene rings is 1. The summed E-state index contributed by atoms with van der Waals surface area (Å²) in [4.78, 5) is 0.502. The summed E-state index contributed by atoms with van der Waals surface area (Å²) in [5, 5.41) is 3.45. The number of hydrogen-bond acceptors (Lipinski definition) is 2. The van der Waals surface area contributed by atoms with Gasteiger partial charge in [0.15, 0.2) is 0 Å². The lowest BCUT2D eigenvalue weighted by molar-refractivity contribution is 0.565. The van der Waals surface area contributed by atoms with E-state index in [0.717, 1.165) is 19.2 Å². The molecule has 1 aromatic carbocycles. The Morgan fingerprint density at radius 1 is 1.40 bits per heavy atom. The van der Waals surface area contributed by atoms with Gasteiger partial charge in [0.2, 0.25) is 0 Å². The second-order valence-electron chi connectivity index (χ2n) is 3.31. The highest BCUT2D eigenvalue weighted by molar-refractivity contribution is 8.00. The largest absolute Gasteiger partial charge is 0.316 e. The van der Waals surface area contributed by atoms with Crippen molar-refractivity contribution < 1.29 is 8.78 Å². The standard InChI is InChI=1S/C11H15F2NS/c1-3-14-7-8(2)15-11-5-4-9(12)6-10(11)13/h4-6,8,14H,3,7H2,1-2H3. The number of halogens is 2. The molecule has 0 radical (unpaired) electrons. The Hall–Kier alpha value is -0.610. The van der Waals surface area contributed by atoms with Crippen LogP contribution in [0, 0.1) is 11.6 Å². The SMILES string of the molecule is CCNCC(C)Sc1ccc(F)cc1F. The zero-order chi connectivity index (χ0) is 11.3. The van der Waals surface area contributed by atoms with E-state index in [4.69, 9.17) is 0 Å². The van der Waals surface area contributed by atoms with Crippen LogP contribution in [-0.4, -0.2) is 18.3 Å². The van der Waals surface area contributed by atoms with E-state index < -0.39 is 11.6 Å². The van der Waals surface area contributed by atoms with Crippen molar-refractivity contribution in [1.29, 1.82) is 0 Å². The third-order valence-corrected chi connectivity index (χ3v) is 3.06. The molecule has 0 heterocycles. The van der Waals surface area contributed by atoms with Crippen LogP contribution >= 0.6 is 11.8 Å². The van der Waals surface area contributed by atoms with Gasteiger partial charge in [-0.1, -0.05) is 13.8 Å². The van der Waals surface area contributed by atoms with Crippen molar-refractivity contribution in [2.24, 2.45) is 0 Å². The lowest BCUT2D eigenvalue weighted by Gasteiger charge is -2.11. The molecule has 84 valence electrons. The number of thioether (sulfide) groups is 1. The van der Waals surface area contributed by atoms with Crippen molar-refractivity contribution in [2.45, 2.75) is 24.0 Å². The second-order valence-corrected chi connectivity index (χ2v) is 4.79. The van der Waals surface area contributed by atoms with E-state index in [1.807, 2.05) is 13.8 Å². The van der Waals surface area contributed by atoms with Crippen LogP contribution in [0.15, 0.2) is 23.1 Å². The van der Waals surface area contributed by atoms with E-state index in [-0.39, 0.29) is 5.25 Å². The molecule has 0 bridgehead atoms. The molecule has 1 N–H and O–H groups in total. The lowest BCUT2D eigenvalue weighted by Crippen LogP contribution is -2.22. The molecule has 1 nitrogen and oxygen atoms in total. The molecule has 0 aliphatic carbocycles. The Balaban J connectivity index is 2.56. The molecular formula is C11H15F2NS. The summed E-state index contributed by atoms with van der Waals surface area (Å²) >= 11 is 1.41. The Morgan fingerprint density at radius 2 is 2.13 bits per heavy atom. The highest BCUT2D eigenvalue weighted by atomic mass is 32.2. The molecule has 4 heteroatoms. The van der Waals surface area contributed by atoms with Gasteiger partial charge >= 0.3 is 0 Å². The normalized spacial score (nSPS) is 12.8. The molecule has 15 heavy (non-hydrogen) atoms. The Kier molecular flexibility index (Phi) is 5.05. The van der Waals surface area contributed by atoms with Crippen LogP contribution < -0.4 is 5.32 Å². The Morgan fingerprint density at radius 3 is 2.73 bits per heavy atom. The van der Waals surface area contributed by atoms with Crippen molar-refractivity contribution in [3.05, 3.63) is 29.8 Å². The zero-order valence-electron chi connectivity index (χ0n) is 8.89. The fraction of sp³-hybridized carbons (Fsp3) is 0.455. The van der Waals surface area contributed by atoms with Gasteiger partial charge in [-0.05, 0) is 18.7 Å². The molecule has 0 spiro atoms. The highest BCUT2D eigenvalue weighted by Gasteiger charge is 2.08. The third-order valence-electron chi connectivity index (χ3n) is 1.90. The fourth-order valence-electron chi connectivity index (χ4n) is 1.18. The topological polar surface area (TPSA) is 12.0 Å². The maximum atomic E-state index is 13.3. The quantitative estimate of drug-likeness (QED) is 0.782. The summed E-state index contributed by atoms with van der Waals surface area (Å²) in [5.41, 5.74) is 0. The first-order chi connectivity index (χ1) is 7.13. The molecule has 1 aromatic rings. The third kappa shape index (κ3) is 4.18. The van der Waals surface area contributed by atoms with Gasteiger partial charge in [-0.15, -0.1) is 11.8 Å². The summed E-state index contributed by atoms with van der Waals surface area (Å²) in [6.07, 6.45) is 0. The van der Waals surface area contributed by atoms with Crippen molar-refractivity contribution in [2.75, 3.05) is 13.1 Å².